The van der Waals surface area contributed by atoms with Crippen LogP contribution >= 0.6 is 11.8 Å². The molecule has 1 heterocycles. The molecule has 4 nitrogen and oxygen atoms in total. The first-order valence-electron chi connectivity index (χ1n) is 4.71. The average molecular weight is 253 g/mol. The smallest absolute Gasteiger partial charge is 0.335 e. The van der Waals surface area contributed by atoms with E-state index in [-0.39, 0.29) is 5.56 Å². The molecule has 88 valence electrons. The molecule has 0 radical (unpaired) electrons. The van der Waals surface area contributed by atoms with Gasteiger partial charge in [-0.25, -0.2) is 14.2 Å². The Balaban J connectivity index is 2.09. The van der Waals surface area contributed by atoms with Crippen LogP contribution in [0, 0.1) is 5.82 Å². The molecule has 0 unspecified atom stereocenters. The van der Waals surface area contributed by atoms with Crippen LogP contribution in [0.1, 0.15) is 15.9 Å². The lowest BCUT2D eigenvalue weighted by Gasteiger charge is -2.02. The Hall–Kier alpha value is -1.82. The van der Waals surface area contributed by atoms with Crippen molar-refractivity contribution in [2.75, 3.05) is 0 Å². The topological polar surface area (TPSA) is 63.3 Å². The number of aromatic nitrogens is 1. The minimum atomic E-state index is -1.14. The summed E-state index contributed by atoms with van der Waals surface area (Å²) < 4.78 is 18.5. The molecule has 1 aromatic carbocycles. The van der Waals surface area contributed by atoms with E-state index in [1.807, 2.05) is 0 Å². The summed E-state index contributed by atoms with van der Waals surface area (Å²) in [4.78, 5) is 14.5. The first-order valence-corrected chi connectivity index (χ1v) is 5.69. The van der Waals surface area contributed by atoms with Crippen LogP contribution in [0.5, 0.6) is 0 Å². The van der Waals surface area contributed by atoms with Crippen molar-refractivity contribution in [3.63, 3.8) is 0 Å². The van der Waals surface area contributed by atoms with Crippen molar-refractivity contribution in [2.45, 2.75) is 11.0 Å². The number of carboxylic acids is 1. The van der Waals surface area contributed by atoms with Crippen LogP contribution in [0.2, 0.25) is 0 Å². The van der Waals surface area contributed by atoms with Gasteiger partial charge in [-0.1, -0.05) is 17.8 Å². The predicted octanol–water partition coefficient (Wildman–Crippen LogP) is 2.80. The predicted molar refractivity (Wildman–Crippen MR) is 59.4 cm³/mol. The highest BCUT2D eigenvalue weighted by atomic mass is 32.2. The largest absolute Gasteiger partial charge is 0.478 e. The van der Waals surface area contributed by atoms with Gasteiger partial charge >= 0.3 is 5.97 Å². The Kier molecular flexibility index (Phi) is 3.43. The number of rotatable bonds is 4. The Labute approximate surface area is 100 Å². The van der Waals surface area contributed by atoms with Crippen molar-refractivity contribution in [1.82, 2.24) is 4.98 Å². The fourth-order valence-electron chi connectivity index (χ4n) is 1.22. The summed E-state index contributed by atoms with van der Waals surface area (Å²) in [6, 6.07) is 3.83. The maximum atomic E-state index is 13.5. The minimum absolute atomic E-state index is 0.0626. The normalized spacial score (nSPS) is 10.4. The first kappa shape index (κ1) is 11.7. The molecule has 0 aliphatic heterocycles. The zero-order chi connectivity index (χ0) is 12.3. The van der Waals surface area contributed by atoms with Crippen LogP contribution in [0.4, 0.5) is 4.39 Å². The maximum Gasteiger partial charge on any atom is 0.335 e. The molecule has 0 saturated heterocycles. The van der Waals surface area contributed by atoms with Crippen LogP contribution < -0.4 is 0 Å². The van der Waals surface area contributed by atoms with E-state index in [1.54, 1.807) is 0 Å². The molecule has 0 spiro atoms. The molecule has 1 aromatic heterocycles. The molecule has 0 atom stereocenters. The number of carbonyl (C=O) groups is 1. The molecule has 6 heteroatoms. The van der Waals surface area contributed by atoms with Gasteiger partial charge in [-0.15, -0.1) is 0 Å². The van der Waals surface area contributed by atoms with Crippen LogP contribution in [-0.2, 0) is 5.75 Å². The molecule has 0 bridgehead atoms. The van der Waals surface area contributed by atoms with Gasteiger partial charge in [0.2, 0.25) is 0 Å². The molecule has 2 rings (SSSR count). The van der Waals surface area contributed by atoms with Gasteiger partial charge in [-0.05, 0) is 17.7 Å². The standard InChI is InChI=1S/C11H8FNO3S/c12-9-5-7(10(14)15)1-2-8(9)6-17-11-13-3-4-16-11/h1-5H,6H2,(H,14,15). The lowest BCUT2D eigenvalue weighted by Crippen LogP contribution is -1.98. The number of oxazole rings is 1. The van der Waals surface area contributed by atoms with Crippen molar-refractivity contribution < 1.29 is 18.7 Å². The Bertz CT molecular complexity index is 528. The van der Waals surface area contributed by atoms with Gasteiger partial charge in [0, 0.05) is 5.75 Å². The van der Waals surface area contributed by atoms with Gasteiger partial charge in [0.05, 0.1) is 11.8 Å². The third-order valence-corrected chi connectivity index (χ3v) is 2.96. The second-order valence-electron chi connectivity index (χ2n) is 3.20. The molecule has 1 N–H and O–H groups in total. The van der Waals surface area contributed by atoms with Gasteiger partial charge in [0.25, 0.3) is 5.22 Å². The lowest BCUT2D eigenvalue weighted by molar-refractivity contribution is 0.0696. The quantitative estimate of drug-likeness (QED) is 0.849. The van der Waals surface area contributed by atoms with Crippen molar-refractivity contribution in [2.24, 2.45) is 0 Å². The van der Waals surface area contributed by atoms with Gasteiger partial charge < -0.3 is 9.52 Å². The summed E-state index contributed by atoms with van der Waals surface area (Å²) in [5.74, 6) is -1.34. The molecule has 0 amide bonds. The Morgan fingerprint density at radius 3 is 2.94 bits per heavy atom. The van der Waals surface area contributed by atoms with E-state index < -0.39 is 11.8 Å². The summed E-state index contributed by atoms with van der Waals surface area (Å²) in [6.07, 6.45) is 2.94. The molecular weight excluding hydrogens is 245 g/mol. The minimum Gasteiger partial charge on any atom is -0.478 e. The van der Waals surface area contributed by atoms with E-state index in [2.05, 4.69) is 4.98 Å². The Morgan fingerprint density at radius 1 is 1.53 bits per heavy atom. The monoisotopic (exact) mass is 253 g/mol. The summed E-state index contributed by atoms with van der Waals surface area (Å²) >= 11 is 1.24. The summed E-state index contributed by atoms with van der Waals surface area (Å²) in [7, 11) is 0. The number of hydrogen-bond acceptors (Lipinski definition) is 4. The lowest BCUT2D eigenvalue weighted by atomic mass is 10.1. The SMILES string of the molecule is O=C(O)c1ccc(CSc2ncco2)c(F)c1. The van der Waals surface area contributed by atoms with Crippen molar-refractivity contribution >= 4 is 17.7 Å². The first-order chi connectivity index (χ1) is 8.16. The van der Waals surface area contributed by atoms with Crippen LogP contribution in [0.25, 0.3) is 0 Å². The molecule has 17 heavy (non-hydrogen) atoms. The van der Waals surface area contributed by atoms with Crippen LogP contribution in [0.15, 0.2) is 40.3 Å². The second-order valence-corrected chi connectivity index (χ2v) is 4.12. The van der Waals surface area contributed by atoms with Crippen molar-refractivity contribution in [1.29, 1.82) is 0 Å². The highest BCUT2D eigenvalue weighted by Crippen LogP contribution is 2.22. The zero-order valence-electron chi connectivity index (χ0n) is 8.59. The number of hydrogen-bond donors (Lipinski definition) is 1. The number of carboxylic acid groups (broad SMARTS) is 1. The maximum absolute atomic E-state index is 13.5. The number of aromatic carboxylic acids is 1. The van der Waals surface area contributed by atoms with Crippen molar-refractivity contribution in [3.05, 3.63) is 47.6 Å². The zero-order valence-corrected chi connectivity index (χ0v) is 9.41. The van der Waals surface area contributed by atoms with E-state index >= 15 is 0 Å². The molecule has 0 aliphatic rings. The third-order valence-electron chi connectivity index (χ3n) is 2.06. The van der Waals surface area contributed by atoms with Gasteiger partial charge in [-0.3, -0.25) is 0 Å². The fourth-order valence-corrected chi connectivity index (χ4v) is 1.99. The van der Waals surface area contributed by atoms with E-state index in [1.165, 1.54) is 36.4 Å². The Morgan fingerprint density at radius 2 is 2.35 bits per heavy atom. The highest BCUT2D eigenvalue weighted by molar-refractivity contribution is 7.98. The molecule has 2 aromatic rings. The summed E-state index contributed by atoms with van der Waals surface area (Å²) in [5, 5.41) is 9.13. The van der Waals surface area contributed by atoms with Gasteiger partial charge in [0.15, 0.2) is 0 Å². The fraction of sp³-hybridized carbons (Fsp3) is 0.0909. The number of benzene rings is 1. The molecule has 0 aliphatic carbocycles. The van der Waals surface area contributed by atoms with E-state index in [9.17, 15) is 9.18 Å². The highest BCUT2D eigenvalue weighted by Gasteiger charge is 2.09. The summed E-state index contributed by atoms with van der Waals surface area (Å²) in [6.45, 7) is 0. The second kappa shape index (κ2) is 5.01. The van der Waals surface area contributed by atoms with Crippen LogP contribution in [-0.4, -0.2) is 16.1 Å². The third kappa shape index (κ3) is 2.85. The summed E-state index contributed by atoms with van der Waals surface area (Å²) in [5.41, 5.74) is 0.352. The molecule has 0 saturated carbocycles. The molecule has 0 fully saturated rings. The van der Waals surface area contributed by atoms with Crippen LogP contribution in [0.3, 0.4) is 0 Å². The van der Waals surface area contributed by atoms with E-state index in [0.29, 0.717) is 16.5 Å². The van der Waals surface area contributed by atoms with E-state index in [4.69, 9.17) is 9.52 Å². The number of thioether (sulfide) groups is 1. The van der Waals surface area contributed by atoms with Gasteiger partial charge in [0.1, 0.15) is 12.1 Å². The number of nitrogens with zero attached hydrogens (tertiary/aromatic N) is 1. The molecular formula is C11H8FNO3S. The number of halogens is 1. The van der Waals surface area contributed by atoms with Crippen molar-refractivity contribution in [3.8, 4) is 0 Å². The van der Waals surface area contributed by atoms with E-state index in [0.717, 1.165) is 6.07 Å². The van der Waals surface area contributed by atoms with Gasteiger partial charge in [-0.2, -0.15) is 0 Å². The average Bonchev–Trinajstić information content (AvgIpc) is 2.80.